The summed E-state index contributed by atoms with van der Waals surface area (Å²) in [7, 11) is 0. The van der Waals surface area contributed by atoms with E-state index in [1.807, 2.05) is 36.4 Å². The Bertz CT molecular complexity index is 824. The van der Waals surface area contributed by atoms with Crippen molar-refractivity contribution in [3.8, 4) is 0 Å². The summed E-state index contributed by atoms with van der Waals surface area (Å²) in [4.78, 5) is 13.2. The Labute approximate surface area is 149 Å². The molecule has 3 aromatic carbocycles. The van der Waals surface area contributed by atoms with Crippen LogP contribution >= 0.6 is 0 Å². The van der Waals surface area contributed by atoms with Gasteiger partial charge in [-0.1, -0.05) is 91.0 Å². The lowest BCUT2D eigenvalue weighted by atomic mass is 9.77. The van der Waals surface area contributed by atoms with Crippen molar-refractivity contribution in [3.63, 3.8) is 0 Å². The maximum atomic E-state index is 13.2. The standard InChI is InChI=1S/C24H22O/c25-24(20-14-8-3-9-15-20)22-17-16-21(18-10-4-1-5-11-18)23(22)19-12-6-2-7-13-19/h1-15,21-23H,16-17H2/t21-,22+,23+/m0/s1. The molecule has 1 saturated carbocycles. The molecule has 1 aliphatic rings. The molecule has 0 unspecified atom stereocenters. The van der Waals surface area contributed by atoms with E-state index in [0.29, 0.717) is 5.92 Å². The molecule has 1 nitrogen and oxygen atoms in total. The van der Waals surface area contributed by atoms with E-state index >= 15 is 0 Å². The van der Waals surface area contributed by atoms with Crippen LogP contribution in [-0.4, -0.2) is 5.78 Å². The first-order valence-corrected chi connectivity index (χ1v) is 9.04. The highest BCUT2D eigenvalue weighted by Gasteiger charge is 2.41. The van der Waals surface area contributed by atoms with Crippen LogP contribution in [0.25, 0.3) is 0 Å². The van der Waals surface area contributed by atoms with Gasteiger partial charge in [0.15, 0.2) is 5.78 Å². The molecule has 4 rings (SSSR count). The van der Waals surface area contributed by atoms with Gasteiger partial charge in [0.05, 0.1) is 0 Å². The lowest BCUT2D eigenvalue weighted by Crippen LogP contribution is -2.20. The lowest BCUT2D eigenvalue weighted by Gasteiger charge is -2.25. The van der Waals surface area contributed by atoms with Gasteiger partial charge in [-0.25, -0.2) is 0 Å². The molecule has 1 aliphatic carbocycles. The molecule has 3 aromatic rings. The number of hydrogen-bond acceptors (Lipinski definition) is 1. The SMILES string of the molecule is O=C(c1ccccc1)[C@@H]1CC[C@@H](c2ccccc2)[C@H]1c1ccccc1. The second-order valence-electron chi connectivity index (χ2n) is 6.87. The van der Waals surface area contributed by atoms with E-state index in [1.165, 1.54) is 11.1 Å². The summed E-state index contributed by atoms with van der Waals surface area (Å²) in [5.41, 5.74) is 3.46. The summed E-state index contributed by atoms with van der Waals surface area (Å²) in [6.07, 6.45) is 2.01. The van der Waals surface area contributed by atoms with Gasteiger partial charge < -0.3 is 0 Å². The Kier molecular flexibility index (Phi) is 4.47. The number of carbonyl (C=O) groups is 1. The van der Waals surface area contributed by atoms with Crippen LogP contribution in [0, 0.1) is 5.92 Å². The van der Waals surface area contributed by atoms with Crippen LogP contribution in [0.15, 0.2) is 91.0 Å². The first kappa shape index (κ1) is 15.8. The third kappa shape index (κ3) is 3.15. The van der Waals surface area contributed by atoms with Crippen LogP contribution in [0.5, 0.6) is 0 Å². The van der Waals surface area contributed by atoms with Crippen molar-refractivity contribution in [1.82, 2.24) is 0 Å². The Morgan fingerprint density at radius 2 is 1.16 bits per heavy atom. The van der Waals surface area contributed by atoms with E-state index in [-0.39, 0.29) is 17.6 Å². The Morgan fingerprint density at radius 1 is 0.640 bits per heavy atom. The van der Waals surface area contributed by atoms with Crippen LogP contribution in [0.1, 0.15) is 46.2 Å². The lowest BCUT2D eigenvalue weighted by molar-refractivity contribution is 0.0910. The molecular weight excluding hydrogens is 304 g/mol. The average molecular weight is 326 g/mol. The van der Waals surface area contributed by atoms with Crippen LogP contribution in [0.3, 0.4) is 0 Å². The van der Waals surface area contributed by atoms with Crippen LogP contribution < -0.4 is 0 Å². The molecule has 3 atom stereocenters. The summed E-state index contributed by atoms with van der Waals surface area (Å²) in [6.45, 7) is 0. The minimum Gasteiger partial charge on any atom is -0.294 e. The Hall–Kier alpha value is -2.67. The van der Waals surface area contributed by atoms with Gasteiger partial charge in [-0.3, -0.25) is 4.79 Å². The van der Waals surface area contributed by atoms with Crippen molar-refractivity contribution in [3.05, 3.63) is 108 Å². The number of hydrogen-bond donors (Lipinski definition) is 0. The van der Waals surface area contributed by atoms with E-state index in [2.05, 4.69) is 54.6 Å². The first-order chi connectivity index (χ1) is 12.3. The highest BCUT2D eigenvalue weighted by Crippen LogP contribution is 2.50. The molecule has 0 amide bonds. The normalized spacial score (nSPS) is 22.6. The van der Waals surface area contributed by atoms with Crippen molar-refractivity contribution < 1.29 is 4.79 Å². The van der Waals surface area contributed by atoms with Crippen molar-refractivity contribution in [2.75, 3.05) is 0 Å². The third-order valence-electron chi connectivity index (χ3n) is 5.46. The predicted octanol–water partition coefficient (Wildman–Crippen LogP) is 5.85. The molecule has 0 aliphatic heterocycles. The number of benzene rings is 3. The summed E-state index contributed by atoms with van der Waals surface area (Å²) >= 11 is 0. The first-order valence-electron chi connectivity index (χ1n) is 9.04. The number of rotatable bonds is 4. The van der Waals surface area contributed by atoms with Gasteiger partial charge in [-0.05, 0) is 29.9 Å². The van der Waals surface area contributed by atoms with Gasteiger partial charge in [0.1, 0.15) is 0 Å². The van der Waals surface area contributed by atoms with Crippen molar-refractivity contribution >= 4 is 5.78 Å². The molecule has 0 radical (unpaired) electrons. The molecule has 25 heavy (non-hydrogen) atoms. The van der Waals surface area contributed by atoms with Gasteiger partial charge in [-0.2, -0.15) is 0 Å². The number of Topliss-reactive ketones (excluding diaryl/α,β-unsaturated/α-hetero) is 1. The average Bonchev–Trinajstić information content (AvgIpc) is 3.14. The fraction of sp³-hybridized carbons (Fsp3) is 0.208. The molecule has 1 fully saturated rings. The molecule has 124 valence electrons. The smallest absolute Gasteiger partial charge is 0.166 e. The van der Waals surface area contributed by atoms with Crippen LogP contribution in [0.2, 0.25) is 0 Å². The van der Waals surface area contributed by atoms with Crippen molar-refractivity contribution in [2.45, 2.75) is 24.7 Å². The molecule has 0 bridgehead atoms. The van der Waals surface area contributed by atoms with Gasteiger partial charge in [0.25, 0.3) is 0 Å². The summed E-state index contributed by atoms with van der Waals surface area (Å²) in [5.74, 6) is 0.987. The maximum absolute atomic E-state index is 13.2. The quantitative estimate of drug-likeness (QED) is 0.550. The minimum absolute atomic E-state index is 0.0509. The third-order valence-corrected chi connectivity index (χ3v) is 5.46. The van der Waals surface area contributed by atoms with Crippen LogP contribution in [-0.2, 0) is 0 Å². The number of ketones is 1. The predicted molar refractivity (Wildman–Crippen MR) is 102 cm³/mol. The second-order valence-corrected chi connectivity index (χ2v) is 6.87. The van der Waals surface area contributed by atoms with Crippen LogP contribution in [0.4, 0.5) is 0 Å². The maximum Gasteiger partial charge on any atom is 0.166 e. The van der Waals surface area contributed by atoms with E-state index < -0.39 is 0 Å². The zero-order valence-corrected chi connectivity index (χ0v) is 14.2. The fourth-order valence-corrected chi connectivity index (χ4v) is 4.32. The molecule has 1 heteroatoms. The molecule has 0 N–H and O–H groups in total. The molecule has 0 spiro atoms. The Morgan fingerprint density at radius 3 is 1.76 bits per heavy atom. The fourth-order valence-electron chi connectivity index (χ4n) is 4.32. The summed E-state index contributed by atoms with van der Waals surface area (Å²) in [5, 5.41) is 0. The summed E-state index contributed by atoms with van der Waals surface area (Å²) < 4.78 is 0. The second kappa shape index (κ2) is 7.06. The molecule has 0 heterocycles. The Balaban J connectivity index is 1.73. The van der Waals surface area contributed by atoms with E-state index in [9.17, 15) is 4.79 Å². The highest BCUT2D eigenvalue weighted by molar-refractivity contribution is 5.98. The van der Waals surface area contributed by atoms with Gasteiger partial charge in [0.2, 0.25) is 0 Å². The zero-order valence-electron chi connectivity index (χ0n) is 14.2. The largest absolute Gasteiger partial charge is 0.294 e. The van der Waals surface area contributed by atoms with Crippen molar-refractivity contribution in [1.29, 1.82) is 0 Å². The van der Waals surface area contributed by atoms with E-state index in [1.54, 1.807) is 0 Å². The topological polar surface area (TPSA) is 17.1 Å². The van der Waals surface area contributed by atoms with Crippen molar-refractivity contribution in [2.24, 2.45) is 5.92 Å². The monoisotopic (exact) mass is 326 g/mol. The van der Waals surface area contributed by atoms with Gasteiger partial charge >= 0.3 is 0 Å². The molecule has 0 saturated heterocycles. The summed E-state index contributed by atoms with van der Waals surface area (Å²) in [6, 6.07) is 31.0. The van der Waals surface area contributed by atoms with E-state index in [4.69, 9.17) is 0 Å². The molecular formula is C24H22O. The number of carbonyl (C=O) groups excluding carboxylic acids is 1. The van der Waals surface area contributed by atoms with E-state index in [0.717, 1.165) is 18.4 Å². The van der Waals surface area contributed by atoms with Gasteiger partial charge in [0, 0.05) is 17.4 Å². The van der Waals surface area contributed by atoms with Gasteiger partial charge in [-0.15, -0.1) is 0 Å². The zero-order chi connectivity index (χ0) is 17.1. The molecule has 0 aromatic heterocycles. The highest BCUT2D eigenvalue weighted by atomic mass is 16.1. The minimum atomic E-state index is 0.0509.